The summed E-state index contributed by atoms with van der Waals surface area (Å²) in [4.78, 5) is 4.39. The van der Waals surface area contributed by atoms with Crippen LogP contribution in [0, 0.1) is 5.92 Å². The highest BCUT2D eigenvalue weighted by Crippen LogP contribution is 2.07. The molecule has 1 aromatic heterocycles. The first-order valence-electron chi connectivity index (χ1n) is 4.94. The van der Waals surface area contributed by atoms with E-state index < -0.39 is 0 Å². The molecular formula is C11H19N2+. The summed E-state index contributed by atoms with van der Waals surface area (Å²) < 4.78 is 2.14. The monoisotopic (exact) mass is 179 g/mol. The number of rotatable bonds is 3. The topological polar surface area (TPSA) is 16.8 Å². The van der Waals surface area contributed by atoms with E-state index in [1.165, 1.54) is 5.69 Å². The summed E-state index contributed by atoms with van der Waals surface area (Å²) in [5.41, 5.74) is 1.17. The van der Waals surface area contributed by atoms with Gasteiger partial charge >= 0.3 is 0 Å². The Labute approximate surface area is 80.6 Å². The van der Waals surface area contributed by atoms with E-state index in [4.69, 9.17) is 0 Å². The molecule has 0 radical (unpaired) electrons. The molecule has 0 fully saturated rings. The van der Waals surface area contributed by atoms with Gasteiger partial charge in [0.25, 0.3) is 6.33 Å². The van der Waals surface area contributed by atoms with Gasteiger partial charge in [-0.3, -0.25) is 0 Å². The summed E-state index contributed by atoms with van der Waals surface area (Å²) >= 11 is 0. The van der Waals surface area contributed by atoms with E-state index in [1.54, 1.807) is 0 Å². The second-order valence-corrected chi connectivity index (χ2v) is 4.23. The first-order chi connectivity index (χ1) is 6.09. The van der Waals surface area contributed by atoms with Crippen molar-refractivity contribution >= 4 is 0 Å². The molecule has 1 heterocycles. The van der Waals surface area contributed by atoms with Crippen LogP contribution in [0.15, 0.2) is 18.6 Å². The highest BCUT2D eigenvalue weighted by Gasteiger charge is 2.07. The van der Waals surface area contributed by atoms with Gasteiger partial charge in [-0.15, -0.1) is 0 Å². The first kappa shape index (κ1) is 10.2. The fraction of sp³-hybridized carbons (Fsp3) is 0.636. The lowest BCUT2D eigenvalue weighted by atomic mass is 10.1. The summed E-state index contributed by atoms with van der Waals surface area (Å²) in [7, 11) is 0. The minimum absolute atomic E-state index is 0.522. The van der Waals surface area contributed by atoms with Crippen LogP contribution < -0.4 is 4.57 Å². The average molecular weight is 179 g/mol. The van der Waals surface area contributed by atoms with Gasteiger partial charge in [0.05, 0.1) is 12.7 Å². The van der Waals surface area contributed by atoms with Crippen molar-refractivity contribution in [3.8, 4) is 0 Å². The summed E-state index contributed by atoms with van der Waals surface area (Å²) in [6.45, 7) is 9.79. The highest BCUT2D eigenvalue weighted by molar-refractivity contribution is 5.00. The van der Waals surface area contributed by atoms with Gasteiger partial charge in [0, 0.05) is 12.0 Å². The Morgan fingerprint density at radius 2 is 2.00 bits per heavy atom. The summed E-state index contributed by atoms with van der Waals surface area (Å²) in [6, 6.07) is 2.10. The van der Waals surface area contributed by atoms with Gasteiger partial charge in [0.15, 0.2) is 5.69 Å². The molecule has 0 aliphatic heterocycles. The summed E-state index contributed by atoms with van der Waals surface area (Å²) in [5, 5.41) is 0. The molecule has 0 aromatic carbocycles. The number of nitrogens with zero attached hydrogens (tertiary/aromatic N) is 2. The van der Waals surface area contributed by atoms with Crippen molar-refractivity contribution in [3.63, 3.8) is 0 Å². The van der Waals surface area contributed by atoms with Gasteiger partial charge in [-0.25, -0.2) is 4.57 Å². The Balaban J connectivity index is 2.70. The molecule has 1 aromatic rings. The molecule has 1 rings (SSSR count). The van der Waals surface area contributed by atoms with Crippen LogP contribution in [0.4, 0.5) is 0 Å². The maximum absolute atomic E-state index is 4.39. The maximum Gasteiger partial charge on any atom is 0.286 e. The number of hydrogen-bond donors (Lipinski definition) is 0. The first-order valence-corrected chi connectivity index (χ1v) is 4.94. The predicted octanol–water partition coefficient (Wildman–Crippen LogP) is 2.15. The van der Waals surface area contributed by atoms with Crippen molar-refractivity contribution < 1.29 is 4.57 Å². The zero-order valence-corrected chi connectivity index (χ0v) is 8.99. The van der Waals surface area contributed by atoms with E-state index in [-0.39, 0.29) is 0 Å². The Bertz CT molecular complexity index is 249. The van der Waals surface area contributed by atoms with Gasteiger partial charge in [-0.05, 0) is 5.92 Å². The van der Waals surface area contributed by atoms with Gasteiger partial charge in [0.1, 0.15) is 0 Å². The third kappa shape index (κ3) is 3.13. The molecule has 2 nitrogen and oxygen atoms in total. The van der Waals surface area contributed by atoms with Crippen LogP contribution in [-0.4, -0.2) is 4.98 Å². The molecule has 0 aliphatic carbocycles. The molecule has 0 atom stereocenters. The number of aromatic nitrogens is 2. The van der Waals surface area contributed by atoms with Gasteiger partial charge in [-0.1, -0.05) is 32.7 Å². The Morgan fingerprint density at radius 3 is 2.38 bits per heavy atom. The van der Waals surface area contributed by atoms with E-state index in [9.17, 15) is 0 Å². The second kappa shape index (κ2) is 4.35. The van der Waals surface area contributed by atoms with Crippen LogP contribution in [0.2, 0.25) is 0 Å². The van der Waals surface area contributed by atoms with E-state index in [2.05, 4.69) is 49.5 Å². The molecule has 0 spiro atoms. The van der Waals surface area contributed by atoms with Crippen LogP contribution in [0.3, 0.4) is 0 Å². The highest BCUT2D eigenvalue weighted by atomic mass is 15.0. The smallest absolute Gasteiger partial charge is 0.237 e. The average Bonchev–Trinajstić information content (AvgIpc) is 2.04. The van der Waals surface area contributed by atoms with Crippen LogP contribution >= 0.6 is 0 Å². The predicted molar refractivity (Wildman–Crippen MR) is 53.4 cm³/mol. The largest absolute Gasteiger partial charge is 0.286 e. The molecule has 72 valence electrons. The Morgan fingerprint density at radius 1 is 1.31 bits per heavy atom. The fourth-order valence-electron chi connectivity index (χ4n) is 1.27. The normalized spacial score (nSPS) is 11.2. The van der Waals surface area contributed by atoms with Crippen LogP contribution in [-0.2, 0) is 6.54 Å². The van der Waals surface area contributed by atoms with Crippen molar-refractivity contribution in [1.82, 2.24) is 4.98 Å². The lowest BCUT2D eigenvalue weighted by molar-refractivity contribution is -0.705. The van der Waals surface area contributed by atoms with E-state index in [1.807, 2.05) is 6.33 Å². The molecule has 0 saturated heterocycles. The molecule has 0 aliphatic rings. The van der Waals surface area contributed by atoms with Crippen molar-refractivity contribution in [2.24, 2.45) is 5.92 Å². The standard InChI is InChI=1S/C11H19N2/c1-9(2)7-13-6-5-11(10(3)4)12-8-13/h5-6,8-10H,7H2,1-4H3/q+1. The van der Waals surface area contributed by atoms with Gasteiger partial charge in [-0.2, -0.15) is 0 Å². The van der Waals surface area contributed by atoms with Crippen molar-refractivity contribution in [2.75, 3.05) is 0 Å². The van der Waals surface area contributed by atoms with Crippen LogP contribution in [0.5, 0.6) is 0 Å². The molecule has 0 N–H and O–H groups in total. The Kier molecular flexibility index (Phi) is 3.40. The van der Waals surface area contributed by atoms with Crippen molar-refractivity contribution in [3.05, 3.63) is 24.3 Å². The SMILES string of the molecule is CC(C)C[n+]1ccc(C(C)C)nc1. The van der Waals surface area contributed by atoms with Crippen LogP contribution in [0.1, 0.15) is 39.3 Å². The zero-order valence-electron chi connectivity index (χ0n) is 8.99. The third-order valence-corrected chi connectivity index (χ3v) is 1.96. The quantitative estimate of drug-likeness (QED) is 0.650. The van der Waals surface area contributed by atoms with Crippen LogP contribution in [0.25, 0.3) is 0 Å². The lowest BCUT2D eigenvalue weighted by Gasteiger charge is -2.03. The minimum atomic E-state index is 0.522. The van der Waals surface area contributed by atoms with Crippen molar-refractivity contribution in [1.29, 1.82) is 0 Å². The van der Waals surface area contributed by atoms with E-state index >= 15 is 0 Å². The summed E-state index contributed by atoms with van der Waals surface area (Å²) in [5.74, 6) is 1.20. The molecule has 2 heteroatoms. The second-order valence-electron chi connectivity index (χ2n) is 4.23. The minimum Gasteiger partial charge on any atom is -0.237 e. The molecule has 0 bridgehead atoms. The fourth-order valence-corrected chi connectivity index (χ4v) is 1.27. The molecule has 0 unspecified atom stereocenters. The molecule has 0 saturated carbocycles. The van der Waals surface area contributed by atoms with E-state index in [0.717, 1.165) is 6.54 Å². The molecule has 0 amide bonds. The van der Waals surface area contributed by atoms with Gasteiger partial charge in [0.2, 0.25) is 0 Å². The molecular weight excluding hydrogens is 160 g/mol. The number of hydrogen-bond acceptors (Lipinski definition) is 1. The Hall–Kier alpha value is -0.920. The van der Waals surface area contributed by atoms with Gasteiger partial charge < -0.3 is 0 Å². The van der Waals surface area contributed by atoms with Crippen molar-refractivity contribution in [2.45, 2.75) is 40.2 Å². The lowest BCUT2D eigenvalue weighted by Crippen LogP contribution is -2.36. The third-order valence-electron chi connectivity index (χ3n) is 1.96. The molecule has 13 heavy (non-hydrogen) atoms. The zero-order chi connectivity index (χ0) is 9.84. The maximum atomic E-state index is 4.39. The van der Waals surface area contributed by atoms with E-state index in [0.29, 0.717) is 11.8 Å². The summed E-state index contributed by atoms with van der Waals surface area (Å²) in [6.07, 6.45) is 4.04.